The number of nitrogens with one attached hydrogen (secondary N) is 1. The van der Waals surface area contributed by atoms with E-state index in [1.54, 1.807) is 0 Å². The molecule has 1 saturated carbocycles. The van der Waals surface area contributed by atoms with Crippen molar-refractivity contribution < 1.29 is 0 Å². The fraction of sp³-hybridized carbons (Fsp3) is 0.769. The number of aryl methyl sites for hydroxylation is 2. The van der Waals surface area contributed by atoms with Crippen LogP contribution in [0.3, 0.4) is 0 Å². The van der Waals surface area contributed by atoms with Crippen LogP contribution in [0.4, 0.5) is 0 Å². The maximum Gasteiger partial charge on any atom is 0.0492 e. The average Bonchev–Trinajstić information content (AvgIpc) is 3.01. The quantitative estimate of drug-likeness (QED) is 0.585. The molecule has 1 heterocycles. The van der Waals surface area contributed by atoms with Crippen LogP contribution in [0, 0.1) is 0 Å². The minimum Gasteiger partial charge on any atom is -0.273 e. The van der Waals surface area contributed by atoms with Gasteiger partial charge in [0.2, 0.25) is 0 Å². The van der Waals surface area contributed by atoms with Gasteiger partial charge in [-0.3, -0.25) is 16.0 Å². The molecule has 3 N–H and O–H groups in total. The summed E-state index contributed by atoms with van der Waals surface area (Å²) < 4.78 is 1.94. The van der Waals surface area contributed by atoms with Gasteiger partial charge in [-0.25, -0.2) is 0 Å². The molecule has 0 amide bonds. The maximum absolute atomic E-state index is 5.65. The van der Waals surface area contributed by atoms with Crippen LogP contribution in [0.25, 0.3) is 0 Å². The van der Waals surface area contributed by atoms with E-state index in [4.69, 9.17) is 5.84 Å². The number of nitrogens with zero attached hydrogens (tertiary/aromatic N) is 2. The Hall–Kier alpha value is -0.520. The Morgan fingerprint density at radius 2 is 2.33 bits per heavy atom. The third-order valence-corrected chi connectivity index (χ3v) is 5.28. The summed E-state index contributed by atoms with van der Waals surface area (Å²) in [6.45, 7) is 0. The Bertz CT molecular complexity index is 347. The Balaban J connectivity index is 1.70. The first-order valence-corrected chi connectivity index (χ1v) is 7.89. The summed E-state index contributed by atoms with van der Waals surface area (Å²) in [5.41, 5.74) is 4.24. The molecule has 0 aromatic carbocycles. The lowest BCUT2D eigenvalue weighted by molar-refractivity contribution is 0.527. The number of aromatic nitrogens is 2. The van der Waals surface area contributed by atoms with Gasteiger partial charge in [-0.15, -0.1) is 0 Å². The second kappa shape index (κ2) is 7.16. The van der Waals surface area contributed by atoms with E-state index in [1.807, 2.05) is 17.9 Å². The van der Waals surface area contributed by atoms with E-state index < -0.39 is 0 Å². The zero-order valence-electron chi connectivity index (χ0n) is 11.1. The van der Waals surface area contributed by atoms with Crippen molar-refractivity contribution in [2.75, 3.05) is 5.75 Å². The van der Waals surface area contributed by atoms with E-state index in [-0.39, 0.29) is 0 Å². The van der Waals surface area contributed by atoms with Crippen LogP contribution in [0.5, 0.6) is 0 Å². The highest BCUT2D eigenvalue weighted by molar-refractivity contribution is 7.99. The van der Waals surface area contributed by atoms with E-state index in [9.17, 15) is 0 Å². The summed E-state index contributed by atoms with van der Waals surface area (Å²) in [7, 11) is 1.99. The molecule has 0 spiro atoms. The molecule has 1 aliphatic carbocycles. The van der Waals surface area contributed by atoms with Gasteiger partial charge in [-0.2, -0.15) is 16.9 Å². The zero-order chi connectivity index (χ0) is 12.8. The third kappa shape index (κ3) is 4.00. The largest absolute Gasteiger partial charge is 0.273 e. The van der Waals surface area contributed by atoms with Gasteiger partial charge in [0.25, 0.3) is 0 Å². The second-order valence-electron chi connectivity index (χ2n) is 5.09. The number of hydrazine groups is 1. The molecular formula is C13H24N4S. The molecule has 0 aliphatic heterocycles. The van der Waals surface area contributed by atoms with Crippen molar-refractivity contribution >= 4 is 11.8 Å². The smallest absolute Gasteiger partial charge is 0.0492 e. The molecule has 2 rings (SSSR count). The summed E-state index contributed by atoms with van der Waals surface area (Å²) in [5.74, 6) is 6.77. The molecule has 0 saturated heterocycles. The van der Waals surface area contributed by atoms with Crippen molar-refractivity contribution in [3.8, 4) is 0 Å². The summed E-state index contributed by atoms with van der Waals surface area (Å²) in [4.78, 5) is 0. The minimum absolute atomic E-state index is 0.408. The van der Waals surface area contributed by atoms with E-state index in [0.29, 0.717) is 6.04 Å². The van der Waals surface area contributed by atoms with Crippen LogP contribution in [0.15, 0.2) is 12.3 Å². The van der Waals surface area contributed by atoms with Crippen molar-refractivity contribution in [2.45, 2.75) is 49.8 Å². The van der Waals surface area contributed by atoms with Crippen molar-refractivity contribution in [2.24, 2.45) is 12.9 Å². The monoisotopic (exact) mass is 268 g/mol. The molecule has 5 heteroatoms. The van der Waals surface area contributed by atoms with E-state index in [0.717, 1.165) is 23.8 Å². The zero-order valence-corrected chi connectivity index (χ0v) is 12.0. The van der Waals surface area contributed by atoms with E-state index >= 15 is 0 Å². The Labute approximate surface area is 114 Å². The second-order valence-corrected chi connectivity index (χ2v) is 6.42. The Kier molecular flexibility index (Phi) is 5.53. The first-order valence-electron chi connectivity index (χ1n) is 6.84. The predicted molar refractivity (Wildman–Crippen MR) is 77.4 cm³/mol. The fourth-order valence-electron chi connectivity index (χ4n) is 2.49. The van der Waals surface area contributed by atoms with Gasteiger partial charge >= 0.3 is 0 Å². The lowest BCUT2D eigenvalue weighted by Crippen LogP contribution is -2.37. The lowest BCUT2D eigenvalue weighted by Gasteiger charge is -2.17. The standard InChI is InChI=1S/C13H24N4S/c1-17-12(8-9-15-17)7-6-11(16-14)10-18-13-4-2-3-5-13/h8-9,11,13,16H,2-7,10,14H2,1H3. The molecule has 1 aliphatic rings. The van der Waals surface area contributed by atoms with Crippen molar-refractivity contribution in [1.29, 1.82) is 0 Å². The number of thioether (sulfide) groups is 1. The normalized spacial score (nSPS) is 18.3. The van der Waals surface area contributed by atoms with Crippen LogP contribution in [-0.4, -0.2) is 26.8 Å². The van der Waals surface area contributed by atoms with Crippen LogP contribution in [0.1, 0.15) is 37.8 Å². The molecule has 4 nitrogen and oxygen atoms in total. The number of hydrogen-bond acceptors (Lipinski definition) is 4. The van der Waals surface area contributed by atoms with Gasteiger partial charge < -0.3 is 0 Å². The Morgan fingerprint density at radius 3 is 2.94 bits per heavy atom. The van der Waals surface area contributed by atoms with Gasteiger partial charge in [0.1, 0.15) is 0 Å². The summed E-state index contributed by atoms with van der Waals surface area (Å²) in [5, 5.41) is 5.06. The SMILES string of the molecule is Cn1nccc1CCC(CSC1CCCC1)NN. The highest BCUT2D eigenvalue weighted by Crippen LogP contribution is 2.29. The molecule has 1 aromatic rings. The number of hydrogen-bond donors (Lipinski definition) is 2. The van der Waals surface area contributed by atoms with Crippen molar-refractivity contribution in [3.63, 3.8) is 0 Å². The summed E-state index contributed by atoms with van der Waals surface area (Å²) in [6.07, 6.45) is 9.58. The molecule has 1 unspecified atom stereocenters. The lowest BCUT2D eigenvalue weighted by atomic mass is 10.1. The van der Waals surface area contributed by atoms with Crippen LogP contribution in [0.2, 0.25) is 0 Å². The molecule has 18 heavy (non-hydrogen) atoms. The van der Waals surface area contributed by atoms with Gasteiger partial charge in [0.05, 0.1) is 0 Å². The minimum atomic E-state index is 0.408. The summed E-state index contributed by atoms with van der Waals surface area (Å²) >= 11 is 2.09. The third-order valence-electron chi connectivity index (χ3n) is 3.74. The Morgan fingerprint density at radius 1 is 1.56 bits per heavy atom. The average molecular weight is 268 g/mol. The number of nitrogens with two attached hydrogens (primary N) is 1. The number of rotatable bonds is 7. The van der Waals surface area contributed by atoms with E-state index in [1.165, 1.54) is 31.4 Å². The van der Waals surface area contributed by atoms with Gasteiger partial charge in [-0.1, -0.05) is 12.8 Å². The first kappa shape index (κ1) is 13.9. The van der Waals surface area contributed by atoms with Crippen molar-refractivity contribution in [3.05, 3.63) is 18.0 Å². The van der Waals surface area contributed by atoms with Gasteiger partial charge in [-0.05, 0) is 31.7 Å². The molecular weight excluding hydrogens is 244 g/mol. The molecule has 1 fully saturated rings. The maximum atomic E-state index is 5.65. The fourth-order valence-corrected chi connectivity index (χ4v) is 3.92. The summed E-state index contributed by atoms with van der Waals surface area (Å²) in [6, 6.07) is 2.49. The van der Waals surface area contributed by atoms with Crippen LogP contribution in [-0.2, 0) is 13.5 Å². The first-order chi connectivity index (χ1) is 8.79. The predicted octanol–water partition coefficient (Wildman–Crippen LogP) is 1.86. The van der Waals surface area contributed by atoms with E-state index in [2.05, 4.69) is 28.4 Å². The molecule has 102 valence electrons. The van der Waals surface area contributed by atoms with Crippen LogP contribution >= 0.6 is 11.8 Å². The topological polar surface area (TPSA) is 55.9 Å². The highest BCUT2D eigenvalue weighted by Gasteiger charge is 2.17. The highest BCUT2D eigenvalue weighted by atomic mass is 32.2. The van der Waals surface area contributed by atoms with Crippen molar-refractivity contribution in [1.82, 2.24) is 15.2 Å². The molecule has 0 radical (unpaired) electrons. The molecule has 1 aromatic heterocycles. The van der Waals surface area contributed by atoms with Gasteiger partial charge in [0.15, 0.2) is 0 Å². The molecule has 1 atom stereocenters. The molecule has 0 bridgehead atoms. The van der Waals surface area contributed by atoms with Crippen LogP contribution < -0.4 is 11.3 Å². The van der Waals surface area contributed by atoms with Gasteiger partial charge in [0, 0.05) is 36.0 Å².